The van der Waals surface area contributed by atoms with Gasteiger partial charge in [0.25, 0.3) is 0 Å². The van der Waals surface area contributed by atoms with Crippen molar-refractivity contribution in [2.24, 2.45) is 0 Å². The number of halogens is 9. The number of fused-ring (bicyclic) bond motifs is 6. The molecule has 1 spiro atoms. The molecule has 0 aromatic heterocycles. The third kappa shape index (κ3) is 16.1. The van der Waals surface area contributed by atoms with Gasteiger partial charge in [0.2, 0.25) is 17.7 Å². The van der Waals surface area contributed by atoms with Crippen LogP contribution in [-0.4, -0.2) is 122 Å². The number of hydrogen-bond acceptors (Lipinski definition) is 14. The summed E-state index contributed by atoms with van der Waals surface area (Å²) >= 11 is 0. The number of rotatable bonds is 13. The van der Waals surface area contributed by atoms with E-state index >= 15 is 0 Å². The molecule has 13 rings (SSSR count). The normalized spacial score (nSPS) is 18.5. The van der Waals surface area contributed by atoms with Crippen molar-refractivity contribution in [1.82, 2.24) is 0 Å². The number of amides is 3. The van der Waals surface area contributed by atoms with Gasteiger partial charge in [0.15, 0.2) is 22.8 Å². The van der Waals surface area contributed by atoms with Crippen LogP contribution in [0.2, 0.25) is 0 Å². The van der Waals surface area contributed by atoms with Gasteiger partial charge in [-0.2, -0.15) is 39.5 Å². The van der Waals surface area contributed by atoms with Gasteiger partial charge in [0.05, 0.1) is 83.7 Å². The van der Waals surface area contributed by atoms with Crippen molar-refractivity contribution >= 4 is 68.6 Å². The molecule has 0 saturated heterocycles. The molecule has 1 fully saturated rings. The average molecular weight is 1410 g/mol. The predicted molar refractivity (Wildman–Crippen MR) is 367 cm³/mol. The number of anilines is 6. The Bertz CT molecular complexity index is 4180. The number of likely N-dealkylation sites (N-methyl/N-ethyl adjacent to an activating group) is 3. The largest absolute Gasteiger partial charge is 0.487 e. The van der Waals surface area contributed by atoms with Gasteiger partial charge < -0.3 is 68.5 Å². The van der Waals surface area contributed by atoms with Crippen LogP contribution >= 0.6 is 0 Å². The Morgan fingerprint density at radius 1 is 0.485 bits per heavy atom. The first kappa shape index (κ1) is 72.7. The summed E-state index contributed by atoms with van der Waals surface area (Å²) in [5.74, 6) is 1.01. The van der Waals surface area contributed by atoms with Gasteiger partial charge in [-0.25, -0.2) is 0 Å². The third-order valence-electron chi connectivity index (χ3n) is 19.0. The van der Waals surface area contributed by atoms with E-state index in [9.17, 15) is 53.9 Å². The molecule has 7 aliphatic rings. The predicted octanol–water partition coefficient (Wildman–Crippen LogP) is 15.9. The summed E-state index contributed by atoms with van der Waals surface area (Å²) < 4.78 is 166. The Kier molecular flexibility index (Phi) is 21.3. The van der Waals surface area contributed by atoms with Crippen LogP contribution < -0.4 is 59.1 Å². The van der Waals surface area contributed by atoms with Gasteiger partial charge in [-0.1, -0.05) is 50.2 Å². The summed E-state index contributed by atoms with van der Waals surface area (Å²) in [6, 6.07) is 26.8. The first-order valence-electron chi connectivity index (χ1n) is 33.3. The van der Waals surface area contributed by atoms with Crippen molar-refractivity contribution in [2.45, 2.75) is 107 Å². The minimum atomic E-state index is -4.54. The average Bonchev–Trinajstić information content (AvgIpc) is 0.763. The number of benzene rings is 6. The number of nitrogens with zero attached hydrogens (tertiary/aromatic N) is 3. The maximum absolute atomic E-state index is 13.4. The highest BCUT2D eigenvalue weighted by atomic mass is 19.4. The fourth-order valence-corrected chi connectivity index (χ4v) is 13.6. The second-order valence-electron chi connectivity index (χ2n) is 25.8. The lowest BCUT2D eigenvalue weighted by Gasteiger charge is -2.46. The first-order chi connectivity index (χ1) is 48.1. The fourth-order valence-electron chi connectivity index (χ4n) is 13.6. The van der Waals surface area contributed by atoms with Gasteiger partial charge in [-0.3, -0.25) is 14.4 Å². The molecule has 0 radical (unpaired) electrons. The molecule has 3 N–H and O–H groups in total. The molecule has 6 heterocycles. The molecule has 6 aromatic rings. The summed E-state index contributed by atoms with van der Waals surface area (Å²) in [6.07, 6.45) is -4.36. The molecule has 17 nitrogen and oxygen atoms in total. The number of ether oxygens (including phenoxy) is 8. The summed E-state index contributed by atoms with van der Waals surface area (Å²) in [5.41, 5.74) is 2.93. The Morgan fingerprint density at radius 3 is 1.23 bits per heavy atom. The Labute approximate surface area is 579 Å². The smallest absolute Gasteiger partial charge is 0.416 e. The molecular weight excluding hydrogens is 1330 g/mol. The highest BCUT2D eigenvalue weighted by Gasteiger charge is 2.46. The van der Waals surface area contributed by atoms with E-state index in [1.54, 1.807) is 18.2 Å². The van der Waals surface area contributed by atoms with Crippen molar-refractivity contribution in [3.8, 4) is 34.5 Å². The van der Waals surface area contributed by atoms with Crippen molar-refractivity contribution in [3.63, 3.8) is 0 Å². The lowest BCUT2D eigenvalue weighted by atomic mass is 9.72. The summed E-state index contributed by atoms with van der Waals surface area (Å²) in [7, 11) is 6.83. The van der Waals surface area contributed by atoms with Crippen LogP contribution in [-0.2, 0) is 42.4 Å². The third-order valence-corrected chi connectivity index (χ3v) is 19.0. The van der Waals surface area contributed by atoms with Crippen LogP contribution in [0.5, 0.6) is 34.5 Å². The van der Waals surface area contributed by atoms with Crippen molar-refractivity contribution in [3.05, 3.63) is 161 Å². The van der Waals surface area contributed by atoms with Crippen LogP contribution in [0, 0.1) is 0 Å². The number of carbonyl (C=O) groups is 3. The first-order valence-corrected chi connectivity index (χ1v) is 33.3. The molecule has 101 heavy (non-hydrogen) atoms. The van der Waals surface area contributed by atoms with E-state index in [-0.39, 0.29) is 48.7 Å². The van der Waals surface area contributed by atoms with Crippen molar-refractivity contribution < 1.29 is 91.8 Å². The van der Waals surface area contributed by atoms with Crippen LogP contribution in [0.3, 0.4) is 0 Å². The van der Waals surface area contributed by atoms with E-state index in [4.69, 9.17) is 37.9 Å². The minimum absolute atomic E-state index is 0.0151. The quantitative estimate of drug-likeness (QED) is 0.0737. The molecule has 538 valence electrons. The standard InChI is InChI=1S/C26H29F3N2O3.C25H27F3N2O5.C24H23F3N2O3/c1-4-25(5-2)16-17(19-11-10-18(26(27,28)29)15-22(19)34-25)14-23(32)30-20-8-7-9-21-24(20)33-13-12-31(21)6-3;1-30-9-10-34-23-19(5-4-6-20(23)30)29-22(31)11-16-13-24(14-32-2,15-33-3)35-21-12-17(25(26,27)28)7-8-18(16)21;1-29-10-11-31-22-18(4-2-5-19(22)29)28-21(30)12-15-14-23(8-3-9-23)32-20-13-16(24(25,26)27)6-7-17(15)20/h7-11,14-15H,4-6,12-13,16H2,1-3H3,(H,30,32);4-8,11-12H,9-10,13-15H2,1-3H3,(H,29,31);2,4-7,12-13H,3,8-11,14H2,1H3,(H,28,30)/b17-14+;16-11+;15-12+. The zero-order valence-electron chi connectivity index (χ0n) is 56.9. The lowest BCUT2D eigenvalue weighted by molar-refractivity contribution is -0.138. The van der Waals surface area contributed by atoms with Crippen LogP contribution in [0.1, 0.15) is 106 Å². The molecule has 26 heteroatoms. The zero-order valence-corrected chi connectivity index (χ0v) is 56.9. The molecule has 0 atom stereocenters. The molecule has 3 amide bonds. The van der Waals surface area contributed by atoms with Crippen molar-refractivity contribution in [2.75, 3.05) is 118 Å². The van der Waals surface area contributed by atoms with Gasteiger partial charge >= 0.3 is 18.5 Å². The number of alkyl halides is 9. The number of methoxy groups -OCH3 is 2. The topological polar surface area (TPSA) is 171 Å². The second kappa shape index (κ2) is 29.6. The lowest BCUT2D eigenvalue weighted by Crippen LogP contribution is -2.47. The number of carbonyl (C=O) groups excluding carboxylic acids is 3. The summed E-state index contributed by atoms with van der Waals surface area (Å²) in [4.78, 5) is 45.3. The van der Waals surface area contributed by atoms with E-state index in [1.165, 1.54) is 50.6 Å². The summed E-state index contributed by atoms with van der Waals surface area (Å²) in [5, 5.41) is 8.63. The van der Waals surface area contributed by atoms with E-state index in [0.29, 0.717) is 113 Å². The van der Waals surface area contributed by atoms with E-state index < -0.39 is 57.9 Å². The number of nitrogens with one attached hydrogen (secondary N) is 3. The van der Waals surface area contributed by atoms with Gasteiger partial charge in [0, 0.05) is 89.0 Å². The monoisotopic (exact) mass is 1410 g/mol. The van der Waals surface area contributed by atoms with E-state index in [1.807, 2.05) is 69.2 Å². The molecule has 0 unspecified atom stereocenters. The highest BCUT2D eigenvalue weighted by Crippen LogP contribution is 2.52. The minimum Gasteiger partial charge on any atom is -0.487 e. The zero-order chi connectivity index (χ0) is 72.2. The van der Waals surface area contributed by atoms with Gasteiger partial charge in [0.1, 0.15) is 48.3 Å². The molecule has 1 saturated carbocycles. The van der Waals surface area contributed by atoms with Crippen LogP contribution in [0.15, 0.2) is 127 Å². The fraction of sp³-hybridized carbons (Fsp3) is 0.400. The number of hydrogen-bond donors (Lipinski definition) is 3. The maximum atomic E-state index is 13.4. The van der Waals surface area contributed by atoms with Crippen LogP contribution in [0.4, 0.5) is 73.6 Å². The highest BCUT2D eigenvalue weighted by molar-refractivity contribution is 6.08. The SMILES string of the molecule is CCN1CCOc2c(NC(=O)/C=C3\CC(CC)(CC)Oc4cc(C(F)(F)F)ccc43)cccc21.CN1CCOc2c(NC(=O)/C=C3\CC4(CCC4)Oc4cc(C(F)(F)F)ccc43)cccc21.COCC1(COC)C/C(=C\C(=O)Nc2cccc3c2OCCN3C)c2ccc(C(F)(F)F)cc2O1. The van der Waals surface area contributed by atoms with Crippen molar-refractivity contribution in [1.29, 1.82) is 0 Å². The van der Waals surface area contributed by atoms with Gasteiger partial charge in [-0.15, -0.1) is 0 Å². The number of para-hydroxylation sites is 3. The maximum Gasteiger partial charge on any atom is 0.416 e. The Balaban J connectivity index is 0.000000153. The molecular formula is C75H79F9N6O11. The van der Waals surface area contributed by atoms with E-state index in [2.05, 4.69) is 32.7 Å². The van der Waals surface area contributed by atoms with Gasteiger partial charge in [-0.05, 0) is 129 Å². The molecule has 1 aliphatic carbocycles. The Morgan fingerprint density at radius 2 is 0.851 bits per heavy atom. The van der Waals surface area contributed by atoms with E-state index in [0.717, 1.165) is 98.9 Å². The molecule has 6 aliphatic heterocycles. The van der Waals surface area contributed by atoms with Crippen LogP contribution in [0.25, 0.3) is 16.7 Å². The molecule has 0 bridgehead atoms. The summed E-state index contributed by atoms with van der Waals surface area (Å²) in [6.45, 7) is 10.7. The molecule has 6 aromatic carbocycles. The Hall–Kier alpha value is -9.56. The second-order valence-corrected chi connectivity index (χ2v) is 25.8.